The summed E-state index contributed by atoms with van der Waals surface area (Å²) in [6, 6.07) is 31.6. The summed E-state index contributed by atoms with van der Waals surface area (Å²) in [5, 5.41) is 12.7. The van der Waals surface area contributed by atoms with Gasteiger partial charge < -0.3 is 16.4 Å². The molecule has 0 aliphatic heterocycles. The van der Waals surface area contributed by atoms with E-state index in [1.165, 1.54) is 32.7 Å². The van der Waals surface area contributed by atoms with Crippen LogP contribution in [0.1, 0.15) is 36.8 Å². The van der Waals surface area contributed by atoms with E-state index in [1.54, 1.807) is 0 Å². The predicted octanol–water partition coefficient (Wildman–Crippen LogP) is 6.27. The molecule has 186 valence electrons. The van der Waals surface area contributed by atoms with Gasteiger partial charge in [-0.1, -0.05) is 84.9 Å². The molecule has 0 atom stereocenters. The van der Waals surface area contributed by atoms with Gasteiger partial charge in [-0.25, -0.2) is 0 Å². The Morgan fingerprint density at radius 3 is 1.66 bits per heavy atom. The van der Waals surface area contributed by atoms with E-state index in [0.29, 0.717) is 6.04 Å². The molecule has 0 aliphatic carbocycles. The maximum Gasteiger partial charge on any atom is 0.00734 e. The SMILES string of the molecule is Cl.NCCCNCCCNC(CCc1ccc2ccccc2c1)CCc1ccc2ccccc2c1. The molecule has 0 aromatic heterocycles. The summed E-state index contributed by atoms with van der Waals surface area (Å²) in [5.74, 6) is 0. The summed E-state index contributed by atoms with van der Waals surface area (Å²) in [4.78, 5) is 0. The van der Waals surface area contributed by atoms with Crippen molar-refractivity contribution in [2.75, 3.05) is 26.2 Å². The molecule has 35 heavy (non-hydrogen) atoms. The second-order valence-electron chi connectivity index (χ2n) is 9.34. The minimum Gasteiger partial charge on any atom is -0.330 e. The molecule has 0 spiro atoms. The van der Waals surface area contributed by atoms with Gasteiger partial charge in [-0.05, 0) is 97.4 Å². The van der Waals surface area contributed by atoms with Gasteiger partial charge in [0.1, 0.15) is 0 Å². The van der Waals surface area contributed by atoms with Crippen LogP contribution in [0.2, 0.25) is 0 Å². The number of benzene rings is 4. The summed E-state index contributed by atoms with van der Waals surface area (Å²) in [6.07, 6.45) is 6.73. The first-order chi connectivity index (χ1) is 16.8. The molecule has 0 saturated carbocycles. The molecule has 4 rings (SSSR count). The number of halogens is 1. The van der Waals surface area contributed by atoms with Crippen molar-refractivity contribution in [3.05, 3.63) is 96.1 Å². The van der Waals surface area contributed by atoms with Crippen molar-refractivity contribution in [1.82, 2.24) is 10.6 Å². The van der Waals surface area contributed by atoms with Gasteiger partial charge in [0, 0.05) is 6.04 Å². The van der Waals surface area contributed by atoms with E-state index in [1.807, 2.05) is 0 Å². The molecule has 0 bridgehead atoms. The van der Waals surface area contributed by atoms with Crippen LogP contribution in [0.25, 0.3) is 21.5 Å². The van der Waals surface area contributed by atoms with Crippen molar-refractivity contribution in [2.45, 2.75) is 44.6 Å². The average molecular weight is 490 g/mol. The molecule has 4 aromatic rings. The number of nitrogens with two attached hydrogens (primary N) is 1. The van der Waals surface area contributed by atoms with E-state index in [9.17, 15) is 0 Å². The van der Waals surface area contributed by atoms with Gasteiger partial charge in [-0.3, -0.25) is 0 Å². The highest BCUT2D eigenvalue weighted by molar-refractivity contribution is 5.85. The van der Waals surface area contributed by atoms with Crippen LogP contribution in [0.5, 0.6) is 0 Å². The third kappa shape index (κ3) is 8.63. The third-order valence-electron chi connectivity index (χ3n) is 6.71. The van der Waals surface area contributed by atoms with Crippen molar-refractivity contribution in [1.29, 1.82) is 0 Å². The van der Waals surface area contributed by atoms with Crippen LogP contribution in [-0.4, -0.2) is 32.2 Å². The zero-order valence-corrected chi connectivity index (χ0v) is 21.5. The molecular weight excluding hydrogens is 450 g/mol. The van der Waals surface area contributed by atoms with E-state index in [0.717, 1.165) is 64.7 Å². The Labute approximate surface area is 216 Å². The van der Waals surface area contributed by atoms with Gasteiger partial charge >= 0.3 is 0 Å². The molecule has 0 unspecified atom stereocenters. The van der Waals surface area contributed by atoms with E-state index < -0.39 is 0 Å². The Morgan fingerprint density at radius 1 is 0.600 bits per heavy atom. The fraction of sp³-hybridized carbons (Fsp3) is 0.355. The van der Waals surface area contributed by atoms with Crippen molar-refractivity contribution >= 4 is 34.0 Å². The molecule has 4 N–H and O–H groups in total. The lowest BCUT2D eigenvalue weighted by atomic mass is 9.96. The van der Waals surface area contributed by atoms with E-state index >= 15 is 0 Å². The largest absolute Gasteiger partial charge is 0.330 e. The highest BCUT2D eigenvalue weighted by Gasteiger charge is 2.10. The average Bonchev–Trinajstić information content (AvgIpc) is 2.89. The van der Waals surface area contributed by atoms with Crippen LogP contribution in [0.15, 0.2) is 84.9 Å². The number of hydrogen-bond acceptors (Lipinski definition) is 3. The number of rotatable bonds is 14. The first-order valence-electron chi connectivity index (χ1n) is 12.9. The first-order valence-corrected chi connectivity index (χ1v) is 12.9. The molecule has 3 nitrogen and oxygen atoms in total. The van der Waals surface area contributed by atoms with Crippen molar-refractivity contribution < 1.29 is 0 Å². The lowest BCUT2D eigenvalue weighted by Crippen LogP contribution is -2.32. The van der Waals surface area contributed by atoms with Gasteiger partial charge in [-0.2, -0.15) is 0 Å². The Hall–Kier alpha value is -2.43. The zero-order valence-electron chi connectivity index (χ0n) is 20.7. The lowest BCUT2D eigenvalue weighted by Gasteiger charge is -2.19. The van der Waals surface area contributed by atoms with E-state index in [2.05, 4.69) is 95.6 Å². The minimum atomic E-state index is 0. The van der Waals surface area contributed by atoms with Gasteiger partial charge in [-0.15, -0.1) is 12.4 Å². The number of nitrogens with one attached hydrogen (secondary N) is 2. The zero-order chi connectivity index (χ0) is 23.4. The van der Waals surface area contributed by atoms with Crippen molar-refractivity contribution in [3.8, 4) is 0 Å². The molecule has 0 radical (unpaired) electrons. The Morgan fingerprint density at radius 2 is 1.11 bits per heavy atom. The Bertz CT molecular complexity index is 1080. The molecule has 4 aromatic carbocycles. The molecule has 0 fully saturated rings. The monoisotopic (exact) mass is 489 g/mol. The Kier molecular flexibility index (Phi) is 11.5. The molecular formula is C31H40ClN3. The fourth-order valence-electron chi connectivity index (χ4n) is 4.69. The highest BCUT2D eigenvalue weighted by atomic mass is 35.5. The third-order valence-corrected chi connectivity index (χ3v) is 6.71. The van der Waals surface area contributed by atoms with Crippen LogP contribution < -0.4 is 16.4 Å². The summed E-state index contributed by atoms with van der Waals surface area (Å²) >= 11 is 0. The topological polar surface area (TPSA) is 50.1 Å². The van der Waals surface area contributed by atoms with Crippen LogP contribution in [0.3, 0.4) is 0 Å². The second-order valence-corrected chi connectivity index (χ2v) is 9.34. The molecule has 4 heteroatoms. The maximum atomic E-state index is 5.58. The normalized spacial score (nSPS) is 11.3. The van der Waals surface area contributed by atoms with E-state index in [4.69, 9.17) is 5.73 Å². The minimum absolute atomic E-state index is 0. The van der Waals surface area contributed by atoms with Gasteiger partial charge in [0.15, 0.2) is 0 Å². The predicted molar refractivity (Wildman–Crippen MR) is 155 cm³/mol. The summed E-state index contributed by atoms with van der Waals surface area (Å²) in [7, 11) is 0. The Balaban J connectivity index is 0.00000342. The van der Waals surface area contributed by atoms with Crippen LogP contribution >= 0.6 is 12.4 Å². The number of fused-ring (bicyclic) bond motifs is 2. The highest BCUT2D eigenvalue weighted by Crippen LogP contribution is 2.20. The number of hydrogen-bond donors (Lipinski definition) is 3. The standard InChI is InChI=1S/C31H39N3.ClH/c32-19-5-20-33-21-6-22-34-31(17-13-25-11-15-27-7-1-3-9-29(27)23-25)18-14-26-12-16-28-8-2-4-10-30(28)24-26;/h1-4,7-12,15-16,23-24,31,33-34H,5-6,13-14,17-22,32H2;1H. The summed E-state index contributed by atoms with van der Waals surface area (Å²) in [6.45, 7) is 3.88. The maximum absolute atomic E-state index is 5.58. The number of aryl methyl sites for hydroxylation is 2. The molecule has 0 aliphatic rings. The molecule has 0 amide bonds. The van der Waals surface area contributed by atoms with Crippen molar-refractivity contribution in [2.24, 2.45) is 5.73 Å². The van der Waals surface area contributed by atoms with Crippen LogP contribution in [-0.2, 0) is 12.8 Å². The van der Waals surface area contributed by atoms with Gasteiger partial charge in [0.25, 0.3) is 0 Å². The van der Waals surface area contributed by atoms with Crippen LogP contribution in [0.4, 0.5) is 0 Å². The fourth-order valence-corrected chi connectivity index (χ4v) is 4.69. The summed E-state index contributed by atoms with van der Waals surface area (Å²) < 4.78 is 0. The van der Waals surface area contributed by atoms with Crippen LogP contribution in [0, 0.1) is 0 Å². The first kappa shape index (κ1) is 27.2. The lowest BCUT2D eigenvalue weighted by molar-refractivity contribution is 0.444. The molecule has 0 heterocycles. The summed E-state index contributed by atoms with van der Waals surface area (Å²) in [5.41, 5.74) is 8.44. The van der Waals surface area contributed by atoms with E-state index in [-0.39, 0.29) is 12.4 Å². The quantitative estimate of drug-likeness (QED) is 0.183. The van der Waals surface area contributed by atoms with Gasteiger partial charge in [0.2, 0.25) is 0 Å². The van der Waals surface area contributed by atoms with Gasteiger partial charge in [0.05, 0.1) is 0 Å². The second kappa shape index (κ2) is 14.9. The molecule has 0 saturated heterocycles. The smallest absolute Gasteiger partial charge is 0.00734 e. The van der Waals surface area contributed by atoms with Crippen molar-refractivity contribution in [3.63, 3.8) is 0 Å².